The van der Waals surface area contributed by atoms with Gasteiger partial charge in [-0.1, -0.05) is 38.5 Å². The van der Waals surface area contributed by atoms with E-state index in [9.17, 15) is 4.79 Å². The fourth-order valence-electron chi connectivity index (χ4n) is 3.34. The van der Waals surface area contributed by atoms with Gasteiger partial charge >= 0.3 is 5.97 Å². The minimum atomic E-state index is -0.0146. The molecule has 1 N–H and O–H groups in total. The van der Waals surface area contributed by atoms with E-state index in [0.29, 0.717) is 5.92 Å². The number of hydrogen-bond donors (Lipinski definition) is 1. The predicted octanol–water partition coefficient (Wildman–Crippen LogP) is 1.97. The Bertz CT molecular complexity index is 234. The van der Waals surface area contributed by atoms with E-state index in [1.165, 1.54) is 45.6 Å². The fraction of sp³-hybridized carbons (Fsp3) is 0.923. The number of carbonyl (C=O) groups is 1. The molecule has 0 aromatic rings. The van der Waals surface area contributed by atoms with Crippen LogP contribution in [0.1, 0.15) is 38.5 Å². The number of methoxy groups -OCH3 is 1. The molecular formula is C13H23NO2. The van der Waals surface area contributed by atoms with E-state index in [-0.39, 0.29) is 11.9 Å². The molecule has 16 heavy (non-hydrogen) atoms. The molecule has 1 saturated carbocycles. The summed E-state index contributed by atoms with van der Waals surface area (Å²) in [6.45, 7) is 1.82. The third kappa shape index (κ3) is 2.57. The third-order valence-corrected chi connectivity index (χ3v) is 4.27. The van der Waals surface area contributed by atoms with Gasteiger partial charge in [-0.2, -0.15) is 0 Å². The topological polar surface area (TPSA) is 38.3 Å². The molecule has 3 nitrogen and oxygen atoms in total. The molecule has 2 fully saturated rings. The quantitative estimate of drug-likeness (QED) is 0.577. The molecule has 0 spiro atoms. The highest BCUT2D eigenvalue weighted by Crippen LogP contribution is 2.35. The number of esters is 1. The summed E-state index contributed by atoms with van der Waals surface area (Å²) in [6, 6.07) is 0. The molecule has 92 valence electrons. The second-order valence-corrected chi connectivity index (χ2v) is 5.20. The number of rotatable bonds is 2. The normalized spacial score (nSPS) is 32.3. The van der Waals surface area contributed by atoms with Crippen molar-refractivity contribution >= 4 is 5.97 Å². The second kappa shape index (κ2) is 5.67. The maximum absolute atomic E-state index is 11.7. The van der Waals surface area contributed by atoms with Gasteiger partial charge in [0.25, 0.3) is 0 Å². The maximum atomic E-state index is 11.7. The van der Waals surface area contributed by atoms with Gasteiger partial charge in [-0.15, -0.1) is 0 Å². The average Bonchev–Trinajstić information content (AvgIpc) is 2.64. The van der Waals surface area contributed by atoms with Gasteiger partial charge in [0.1, 0.15) is 0 Å². The zero-order valence-electron chi connectivity index (χ0n) is 10.2. The van der Waals surface area contributed by atoms with Gasteiger partial charge in [-0.3, -0.25) is 4.79 Å². The van der Waals surface area contributed by atoms with Crippen LogP contribution in [0.4, 0.5) is 0 Å². The van der Waals surface area contributed by atoms with Crippen LogP contribution in [-0.2, 0) is 9.53 Å². The number of nitrogens with one attached hydrogen (secondary N) is 1. The summed E-state index contributed by atoms with van der Waals surface area (Å²) in [4.78, 5) is 11.7. The summed E-state index contributed by atoms with van der Waals surface area (Å²) in [5.74, 6) is 1.35. The van der Waals surface area contributed by atoms with Crippen LogP contribution in [-0.4, -0.2) is 26.2 Å². The Kier molecular flexibility index (Phi) is 4.22. The first-order valence-corrected chi connectivity index (χ1v) is 6.61. The zero-order valence-corrected chi connectivity index (χ0v) is 10.2. The average molecular weight is 225 g/mol. The van der Waals surface area contributed by atoms with Crippen molar-refractivity contribution in [2.24, 2.45) is 17.8 Å². The number of ether oxygens (including phenoxy) is 1. The van der Waals surface area contributed by atoms with Crippen LogP contribution in [0.3, 0.4) is 0 Å². The van der Waals surface area contributed by atoms with Crippen LogP contribution in [0.15, 0.2) is 0 Å². The van der Waals surface area contributed by atoms with Crippen molar-refractivity contribution in [3.8, 4) is 0 Å². The van der Waals surface area contributed by atoms with E-state index in [4.69, 9.17) is 4.74 Å². The smallest absolute Gasteiger partial charge is 0.310 e. The van der Waals surface area contributed by atoms with Gasteiger partial charge in [0.2, 0.25) is 0 Å². The molecule has 2 unspecified atom stereocenters. The Morgan fingerprint density at radius 2 is 1.81 bits per heavy atom. The van der Waals surface area contributed by atoms with Crippen molar-refractivity contribution in [3.05, 3.63) is 0 Å². The summed E-state index contributed by atoms with van der Waals surface area (Å²) < 4.78 is 4.91. The molecule has 1 heterocycles. The Morgan fingerprint density at radius 1 is 1.12 bits per heavy atom. The van der Waals surface area contributed by atoms with Crippen molar-refractivity contribution in [1.29, 1.82) is 0 Å². The molecule has 3 heteroatoms. The second-order valence-electron chi connectivity index (χ2n) is 5.20. The van der Waals surface area contributed by atoms with E-state index >= 15 is 0 Å². The Hall–Kier alpha value is -0.570. The lowest BCUT2D eigenvalue weighted by molar-refractivity contribution is -0.146. The van der Waals surface area contributed by atoms with Crippen molar-refractivity contribution in [2.45, 2.75) is 38.5 Å². The summed E-state index contributed by atoms with van der Waals surface area (Å²) in [5, 5.41) is 3.35. The molecule has 0 amide bonds. The summed E-state index contributed by atoms with van der Waals surface area (Å²) in [6.07, 6.45) is 8.04. The molecule has 1 saturated heterocycles. The van der Waals surface area contributed by atoms with Crippen molar-refractivity contribution < 1.29 is 9.53 Å². The van der Waals surface area contributed by atoms with Crippen LogP contribution in [0.2, 0.25) is 0 Å². The molecular weight excluding hydrogens is 202 g/mol. The lowest BCUT2D eigenvalue weighted by Crippen LogP contribution is -2.29. The standard InChI is InChI=1S/C13H23NO2/c1-16-13(15)12-9-14-8-11(12)10-6-4-2-3-5-7-10/h10-12,14H,2-9H2,1H3. The minimum absolute atomic E-state index is 0.0146. The first kappa shape index (κ1) is 11.9. The third-order valence-electron chi connectivity index (χ3n) is 4.27. The monoisotopic (exact) mass is 225 g/mol. The Balaban J connectivity index is 1.97. The van der Waals surface area contributed by atoms with Crippen LogP contribution in [0.25, 0.3) is 0 Å². The molecule has 1 aliphatic carbocycles. The van der Waals surface area contributed by atoms with E-state index in [0.717, 1.165) is 19.0 Å². The number of carbonyl (C=O) groups excluding carboxylic acids is 1. The lowest BCUT2D eigenvalue weighted by Gasteiger charge is -2.25. The van der Waals surface area contributed by atoms with Crippen molar-refractivity contribution in [2.75, 3.05) is 20.2 Å². The van der Waals surface area contributed by atoms with Gasteiger partial charge in [0.05, 0.1) is 13.0 Å². The summed E-state index contributed by atoms with van der Waals surface area (Å²) in [7, 11) is 1.50. The number of hydrogen-bond acceptors (Lipinski definition) is 3. The van der Waals surface area contributed by atoms with E-state index < -0.39 is 0 Å². The first-order chi connectivity index (χ1) is 7.83. The summed E-state index contributed by atoms with van der Waals surface area (Å²) in [5.41, 5.74) is 0. The SMILES string of the molecule is COC(=O)C1CNCC1C1CCCCCC1. The van der Waals surface area contributed by atoms with Crippen molar-refractivity contribution in [1.82, 2.24) is 5.32 Å². The first-order valence-electron chi connectivity index (χ1n) is 6.61. The summed E-state index contributed by atoms with van der Waals surface area (Å²) >= 11 is 0. The molecule has 2 atom stereocenters. The minimum Gasteiger partial charge on any atom is -0.469 e. The lowest BCUT2D eigenvalue weighted by atomic mass is 9.80. The molecule has 2 aliphatic rings. The molecule has 0 bridgehead atoms. The molecule has 0 radical (unpaired) electrons. The highest BCUT2D eigenvalue weighted by Gasteiger charge is 2.38. The van der Waals surface area contributed by atoms with E-state index in [1.54, 1.807) is 0 Å². The molecule has 2 rings (SSSR count). The van der Waals surface area contributed by atoms with Gasteiger partial charge in [-0.25, -0.2) is 0 Å². The van der Waals surface area contributed by atoms with Gasteiger partial charge < -0.3 is 10.1 Å². The van der Waals surface area contributed by atoms with E-state index in [1.807, 2.05) is 0 Å². The molecule has 0 aromatic heterocycles. The Morgan fingerprint density at radius 3 is 2.44 bits per heavy atom. The van der Waals surface area contributed by atoms with E-state index in [2.05, 4.69) is 5.32 Å². The highest BCUT2D eigenvalue weighted by molar-refractivity contribution is 5.73. The largest absolute Gasteiger partial charge is 0.469 e. The fourth-order valence-corrected chi connectivity index (χ4v) is 3.34. The van der Waals surface area contributed by atoms with Gasteiger partial charge in [0.15, 0.2) is 0 Å². The van der Waals surface area contributed by atoms with Gasteiger partial charge in [-0.05, 0) is 18.4 Å². The van der Waals surface area contributed by atoms with Crippen LogP contribution in [0, 0.1) is 17.8 Å². The predicted molar refractivity (Wildman–Crippen MR) is 63.1 cm³/mol. The van der Waals surface area contributed by atoms with Crippen molar-refractivity contribution in [3.63, 3.8) is 0 Å². The zero-order chi connectivity index (χ0) is 11.4. The van der Waals surface area contributed by atoms with Crippen LogP contribution in [0.5, 0.6) is 0 Å². The highest BCUT2D eigenvalue weighted by atomic mass is 16.5. The van der Waals surface area contributed by atoms with Crippen LogP contribution >= 0.6 is 0 Å². The maximum Gasteiger partial charge on any atom is 0.310 e. The van der Waals surface area contributed by atoms with Crippen LogP contribution < -0.4 is 5.32 Å². The Labute approximate surface area is 97.9 Å². The molecule has 0 aromatic carbocycles. The molecule has 1 aliphatic heterocycles. The van der Waals surface area contributed by atoms with Gasteiger partial charge in [0, 0.05) is 6.54 Å².